The third-order valence-electron chi connectivity index (χ3n) is 5.00. The molecule has 0 aromatic heterocycles. The van der Waals surface area contributed by atoms with Gasteiger partial charge in [-0.25, -0.2) is 13.1 Å². The summed E-state index contributed by atoms with van der Waals surface area (Å²) in [7, 11) is -3.51. The van der Waals surface area contributed by atoms with E-state index in [1.807, 2.05) is 6.92 Å². The van der Waals surface area contributed by atoms with E-state index in [4.69, 9.17) is 4.74 Å². The van der Waals surface area contributed by atoms with E-state index >= 15 is 0 Å². The fourth-order valence-corrected chi connectivity index (χ4v) is 4.71. The lowest BCUT2D eigenvalue weighted by atomic mass is 9.98. The predicted octanol–water partition coefficient (Wildman–Crippen LogP) is 3.77. The van der Waals surface area contributed by atoms with Crippen molar-refractivity contribution in [3.8, 4) is 5.75 Å². The molecule has 1 N–H and O–H groups in total. The average Bonchev–Trinajstić information content (AvgIpc) is 2.69. The summed E-state index contributed by atoms with van der Waals surface area (Å²) >= 11 is 0. The first-order valence-electron chi connectivity index (χ1n) is 10.1. The Morgan fingerprint density at radius 2 is 1.89 bits per heavy atom. The van der Waals surface area contributed by atoms with Gasteiger partial charge >= 0.3 is 0 Å². The van der Waals surface area contributed by atoms with Crippen molar-refractivity contribution in [2.45, 2.75) is 44.4 Å². The standard InChI is InChI=1S/C22H30N2O3S/c1-3-15-24-16-5-6-19-17-18(7-12-22(19)24)13-14-23-28(25,26)21-10-8-20(9-11-21)27-4-2/h7-12,17,23H,3-6,13-16H2,1-2H3. The number of fused-ring (bicyclic) bond motifs is 1. The van der Waals surface area contributed by atoms with Crippen LogP contribution in [0.25, 0.3) is 0 Å². The molecule has 0 bridgehead atoms. The molecule has 5 nitrogen and oxygen atoms in total. The number of hydrogen-bond donors (Lipinski definition) is 1. The van der Waals surface area contributed by atoms with Crippen LogP contribution in [-0.4, -0.2) is 34.7 Å². The Hall–Kier alpha value is -2.05. The highest BCUT2D eigenvalue weighted by Gasteiger charge is 2.17. The van der Waals surface area contributed by atoms with Crippen molar-refractivity contribution in [2.75, 3.05) is 31.1 Å². The molecule has 2 aromatic rings. The van der Waals surface area contributed by atoms with Crippen molar-refractivity contribution < 1.29 is 13.2 Å². The van der Waals surface area contributed by atoms with Crippen molar-refractivity contribution in [3.05, 3.63) is 53.6 Å². The summed E-state index contributed by atoms with van der Waals surface area (Å²) in [6.07, 6.45) is 4.11. The molecule has 0 saturated heterocycles. The Morgan fingerprint density at radius 1 is 1.11 bits per heavy atom. The zero-order valence-electron chi connectivity index (χ0n) is 16.8. The Labute approximate surface area is 168 Å². The highest BCUT2D eigenvalue weighted by Crippen LogP contribution is 2.28. The molecule has 0 fully saturated rings. The van der Waals surface area contributed by atoms with Gasteiger partial charge < -0.3 is 9.64 Å². The summed E-state index contributed by atoms with van der Waals surface area (Å²) in [6, 6.07) is 13.1. The second-order valence-corrected chi connectivity index (χ2v) is 8.87. The summed E-state index contributed by atoms with van der Waals surface area (Å²) in [6.45, 7) is 7.26. The molecule has 2 aromatic carbocycles. The molecule has 28 heavy (non-hydrogen) atoms. The van der Waals surface area contributed by atoms with E-state index in [0.29, 0.717) is 25.3 Å². The van der Waals surface area contributed by atoms with Gasteiger partial charge in [0.25, 0.3) is 0 Å². The van der Waals surface area contributed by atoms with Crippen molar-refractivity contribution in [1.82, 2.24) is 4.72 Å². The molecule has 152 valence electrons. The minimum Gasteiger partial charge on any atom is -0.494 e. The van der Waals surface area contributed by atoms with E-state index in [9.17, 15) is 8.42 Å². The maximum Gasteiger partial charge on any atom is 0.240 e. The lowest BCUT2D eigenvalue weighted by Crippen LogP contribution is -2.30. The monoisotopic (exact) mass is 402 g/mol. The number of nitrogens with one attached hydrogen (secondary N) is 1. The van der Waals surface area contributed by atoms with Crippen LogP contribution in [0.4, 0.5) is 5.69 Å². The van der Waals surface area contributed by atoms with Gasteiger partial charge in [-0.15, -0.1) is 0 Å². The van der Waals surface area contributed by atoms with Crippen LogP contribution in [0.5, 0.6) is 5.75 Å². The number of benzene rings is 2. The molecular formula is C22H30N2O3S. The molecule has 1 heterocycles. The molecule has 1 aliphatic rings. The molecule has 3 rings (SSSR count). The summed E-state index contributed by atoms with van der Waals surface area (Å²) in [4.78, 5) is 2.72. The topological polar surface area (TPSA) is 58.6 Å². The van der Waals surface area contributed by atoms with E-state index in [1.165, 1.54) is 23.2 Å². The predicted molar refractivity (Wildman–Crippen MR) is 114 cm³/mol. The van der Waals surface area contributed by atoms with Crippen molar-refractivity contribution >= 4 is 15.7 Å². The van der Waals surface area contributed by atoms with Crippen LogP contribution in [0.3, 0.4) is 0 Å². The van der Waals surface area contributed by atoms with Crippen molar-refractivity contribution in [3.63, 3.8) is 0 Å². The van der Waals surface area contributed by atoms with E-state index in [0.717, 1.165) is 25.9 Å². The number of ether oxygens (including phenoxy) is 1. The van der Waals surface area contributed by atoms with E-state index in [-0.39, 0.29) is 4.90 Å². The van der Waals surface area contributed by atoms with Gasteiger partial charge in [-0.2, -0.15) is 0 Å². The summed E-state index contributed by atoms with van der Waals surface area (Å²) in [5.41, 5.74) is 3.89. The van der Waals surface area contributed by atoms with Gasteiger partial charge in [-0.1, -0.05) is 19.1 Å². The minimum absolute atomic E-state index is 0.261. The number of aryl methyl sites for hydroxylation is 1. The molecule has 0 unspecified atom stereocenters. The maximum atomic E-state index is 12.5. The van der Waals surface area contributed by atoms with Crippen LogP contribution in [-0.2, 0) is 22.9 Å². The molecule has 6 heteroatoms. The lowest BCUT2D eigenvalue weighted by Gasteiger charge is -2.31. The quantitative estimate of drug-likeness (QED) is 0.694. The molecule has 0 amide bonds. The smallest absolute Gasteiger partial charge is 0.240 e. The van der Waals surface area contributed by atoms with Crippen LogP contribution in [0.15, 0.2) is 47.4 Å². The first-order chi connectivity index (χ1) is 13.5. The molecule has 0 radical (unpaired) electrons. The molecule has 1 aliphatic heterocycles. The molecule has 0 atom stereocenters. The molecule has 0 spiro atoms. The number of nitrogens with zero attached hydrogens (tertiary/aromatic N) is 1. The Morgan fingerprint density at radius 3 is 2.61 bits per heavy atom. The van der Waals surface area contributed by atoms with Gasteiger partial charge in [0.1, 0.15) is 5.75 Å². The molecule has 0 saturated carbocycles. The third kappa shape index (κ3) is 5.06. The summed E-state index contributed by atoms with van der Waals surface area (Å²) in [5.74, 6) is 0.674. The van der Waals surface area contributed by atoms with Gasteiger partial charge in [0.15, 0.2) is 0 Å². The van der Waals surface area contributed by atoms with Crippen LogP contribution in [0.2, 0.25) is 0 Å². The second kappa shape index (κ2) is 9.43. The number of anilines is 1. The van der Waals surface area contributed by atoms with Crippen LogP contribution in [0, 0.1) is 0 Å². The first-order valence-corrected chi connectivity index (χ1v) is 11.6. The third-order valence-corrected chi connectivity index (χ3v) is 6.48. The van der Waals surface area contributed by atoms with Crippen molar-refractivity contribution in [1.29, 1.82) is 0 Å². The Bertz CT molecular complexity index is 879. The fourth-order valence-electron chi connectivity index (χ4n) is 3.68. The highest BCUT2D eigenvalue weighted by atomic mass is 32.2. The Balaban J connectivity index is 1.60. The molecule has 0 aliphatic carbocycles. The van der Waals surface area contributed by atoms with Crippen LogP contribution >= 0.6 is 0 Å². The van der Waals surface area contributed by atoms with Gasteiger partial charge in [0, 0.05) is 25.3 Å². The zero-order chi connectivity index (χ0) is 20.0. The number of rotatable bonds is 9. The second-order valence-electron chi connectivity index (χ2n) is 7.11. The van der Waals surface area contributed by atoms with Crippen molar-refractivity contribution in [2.24, 2.45) is 0 Å². The zero-order valence-corrected chi connectivity index (χ0v) is 17.6. The largest absolute Gasteiger partial charge is 0.494 e. The summed E-state index contributed by atoms with van der Waals surface area (Å²) in [5, 5.41) is 0. The van der Waals surface area contributed by atoms with Gasteiger partial charge in [0.2, 0.25) is 10.0 Å². The maximum absolute atomic E-state index is 12.5. The minimum atomic E-state index is -3.51. The highest BCUT2D eigenvalue weighted by molar-refractivity contribution is 7.89. The Kier molecular flexibility index (Phi) is 6.97. The van der Waals surface area contributed by atoms with Gasteiger partial charge in [-0.05, 0) is 74.1 Å². The first kappa shape index (κ1) is 20.7. The van der Waals surface area contributed by atoms with Crippen LogP contribution < -0.4 is 14.4 Å². The summed E-state index contributed by atoms with van der Waals surface area (Å²) < 4.78 is 33.0. The van der Waals surface area contributed by atoms with E-state index in [1.54, 1.807) is 24.3 Å². The number of sulfonamides is 1. The molecular weight excluding hydrogens is 372 g/mol. The average molecular weight is 403 g/mol. The van der Waals surface area contributed by atoms with Gasteiger partial charge in [0.05, 0.1) is 11.5 Å². The fraction of sp³-hybridized carbons (Fsp3) is 0.455. The van der Waals surface area contributed by atoms with E-state index in [2.05, 4.69) is 34.7 Å². The normalized spacial score (nSPS) is 14.0. The number of hydrogen-bond acceptors (Lipinski definition) is 4. The lowest BCUT2D eigenvalue weighted by molar-refractivity contribution is 0.340. The van der Waals surface area contributed by atoms with E-state index < -0.39 is 10.0 Å². The van der Waals surface area contributed by atoms with Gasteiger partial charge in [-0.3, -0.25) is 0 Å². The van der Waals surface area contributed by atoms with Crippen LogP contribution in [0.1, 0.15) is 37.8 Å². The SMILES string of the molecule is CCCN1CCCc2cc(CCNS(=O)(=O)c3ccc(OCC)cc3)ccc21.